The molecule has 0 aliphatic carbocycles. The SMILES string of the molecule is Clc1ccc(NCc2nc(-c3ccncc3)cs2)cc1. The third-order valence-corrected chi connectivity index (χ3v) is 3.92. The Labute approximate surface area is 126 Å². The van der Waals surface area contributed by atoms with E-state index in [9.17, 15) is 0 Å². The van der Waals surface area contributed by atoms with Crippen LogP contribution in [0, 0.1) is 0 Å². The van der Waals surface area contributed by atoms with E-state index in [1.807, 2.05) is 36.4 Å². The number of rotatable bonds is 4. The predicted molar refractivity (Wildman–Crippen MR) is 84.1 cm³/mol. The third kappa shape index (κ3) is 3.15. The minimum Gasteiger partial charge on any atom is -0.379 e. The zero-order chi connectivity index (χ0) is 13.8. The Morgan fingerprint density at radius 3 is 2.55 bits per heavy atom. The summed E-state index contributed by atoms with van der Waals surface area (Å²) in [5, 5.41) is 7.18. The minimum absolute atomic E-state index is 0.706. The highest BCUT2D eigenvalue weighted by atomic mass is 35.5. The summed E-state index contributed by atoms with van der Waals surface area (Å²) in [4.78, 5) is 8.63. The van der Waals surface area contributed by atoms with Crippen LogP contribution >= 0.6 is 22.9 Å². The number of pyridine rings is 1. The molecule has 5 heteroatoms. The van der Waals surface area contributed by atoms with E-state index in [0.29, 0.717) is 6.54 Å². The van der Waals surface area contributed by atoms with E-state index in [0.717, 1.165) is 27.0 Å². The van der Waals surface area contributed by atoms with E-state index in [-0.39, 0.29) is 0 Å². The minimum atomic E-state index is 0.706. The zero-order valence-corrected chi connectivity index (χ0v) is 12.2. The molecular weight excluding hydrogens is 290 g/mol. The van der Waals surface area contributed by atoms with Crippen molar-refractivity contribution in [2.75, 3.05) is 5.32 Å². The van der Waals surface area contributed by atoms with Crippen molar-refractivity contribution in [1.29, 1.82) is 0 Å². The van der Waals surface area contributed by atoms with Crippen LogP contribution in [0.1, 0.15) is 5.01 Å². The average Bonchev–Trinajstić information content (AvgIpc) is 2.97. The summed E-state index contributed by atoms with van der Waals surface area (Å²) in [6.07, 6.45) is 3.56. The maximum Gasteiger partial charge on any atom is 0.112 e. The Bertz CT molecular complexity index is 680. The Balaban J connectivity index is 1.67. The molecule has 1 aromatic carbocycles. The molecule has 0 aliphatic rings. The molecule has 0 bridgehead atoms. The van der Waals surface area contributed by atoms with Gasteiger partial charge in [0.05, 0.1) is 12.2 Å². The summed E-state index contributed by atoms with van der Waals surface area (Å²) in [5.41, 5.74) is 3.12. The first-order chi connectivity index (χ1) is 9.81. The molecule has 0 atom stereocenters. The summed E-state index contributed by atoms with van der Waals surface area (Å²) in [6.45, 7) is 0.706. The quantitative estimate of drug-likeness (QED) is 0.772. The molecule has 1 N–H and O–H groups in total. The largest absolute Gasteiger partial charge is 0.379 e. The van der Waals surface area contributed by atoms with E-state index in [4.69, 9.17) is 11.6 Å². The van der Waals surface area contributed by atoms with Crippen molar-refractivity contribution in [3.05, 3.63) is 64.2 Å². The number of halogens is 1. The van der Waals surface area contributed by atoms with Crippen LogP contribution in [-0.4, -0.2) is 9.97 Å². The second-order valence-corrected chi connectivity index (χ2v) is 5.60. The van der Waals surface area contributed by atoms with Crippen LogP contribution in [0.4, 0.5) is 5.69 Å². The Kier molecular flexibility index (Phi) is 3.95. The topological polar surface area (TPSA) is 37.8 Å². The van der Waals surface area contributed by atoms with Crippen molar-refractivity contribution >= 4 is 28.6 Å². The van der Waals surface area contributed by atoms with Crippen molar-refractivity contribution in [3.8, 4) is 11.3 Å². The molecular formula is C15H12ClN3S. The van der Waals surface area contributed by atoms with Gasteiger partial charge in [-0.3, -0.25) is 4.98 Å². The Morgan fingerprint density at radius 1 is 1.05 bits per heavy atom. The second kappa shape index (κ2) is 6.03. The van der Waals surface area contributed by atoms with Gasteiger partial charge in [-0.1, -0.05) is 11.6 Å². The molecule has 0 saturated heterocycles. The molecule has 0 radical (unpaired) electrons. The molecule has 3 aromatic rings. The van der Waals surface area contributed by atoms with Gasteiger partial charge in [0.1, 0.15) is 5.01 Å². The van der Waals surface area contributed by atoms with E-state index in [1.165, 1.54) is 0 Å². The fraction of sp³-hybridized carbons (Fsp3) is 0.0667. The number of thiazole rings is 1. The van der Waals surface area contributed by atoms with Crippen LogP contribution < -0.4 is 5.32 Å². The molecule has 2 heterocycles. The Hall–Kier alpha value is -1.91. The van der Waals surface area contributed by atoms with Gasteiger partial charge in [-0.25, -0.2) is 4.98 Å². The highest BCUT2D eigenvalue weighted by Crippen LogP contribution is 2.22. The monoisotopic (exact) mass is 301 g/mol. The number of anilines is 1. The lowest BCUT2D eigenvalue weighted by Gasteiger charge is -2.03. The molecule has 0 saturated carbocycles. The van der Waals surface area contributed by atoms with Crippen molar-refractivity contribution in [2.45, 2.75) is 6.54 Å². The summed E-state index contributed by atoms with van der Waals surface area (Å²) < 4.78 is 0. The summed E-state index contributed by atoms with van der Waals surface area (Å²) in [5.74, 6) is 0. The van der Waals surface area contributed by atoms with Crippen LogP contribution in [-0.2, 0) is 6.54 Å². The van der Waals surface area contributed by atoms with Crippen molar-refractivity contribution in [2.24, 2.45) is 0 Å². The highest BCUT2D eigenvalue weighted by Gasteiger charge is 2.04. The van der Waals surface area contributed by atoms with E-state index in [2.05, 4.69) is 20.7 Å². The number of aromatic nitrogens is 2. The van der Waals surface area contributed by atoms with Crippen molar-refractivity contribution in [1.82, 2.24) is 9.97 Å². The molecule has 100 valence electrons. The van der Waals surface area contributed by atoms with Gasteiger partial charge < -0.3 is 5.32 Å². The summed E-state index contributed by atoms with van der Waals surface area (Å²) >= 11 is 7.50. The lowest BCUT2D eigenvalue weighted by molar-refractivity contribution is 1.11. The van der Waals surface area contributed by atoms with Gasteiger partial charge in [-0.15, -0.1) is 11.3 Å². The summed E-state index contributed by atoms with van der Waals surface area (Å²) in [6, 6.07) is 11.6. The average molecular weight is 302 g/mol. The number of hydrogen-bond donors (Lipinski definition) is 1. The van der Waals surface area contributed by atoms with Crippen LogP contribution in [0.5, 0.6) is 0 Å². The third-order valence-electron chi connectivity index (χ3n) is 2.82. The smallest absolute Gasteiger partial charge is 0.112 e. The molecule has 0 aliphatic heterocycles. The highest BCUT2D eigenvalue weighted by molar-refractivity contribution is 7.09. The van der Waals surface area contributed by atoms with Gasteiger partial charge in [-0.05, 0) is 36.4 Å². The first kappa shape index (κ1) is 13.1. The lowest BCUT2D eigenvalue weighted by Crippen LogP contribution is -1.98. The van der Waals surface area contributed by atoms with Gasteiger partial charge in [0, 0.05) is 34.0 Å². The number of nitrogens with one attached hydrogen (secondary N) is 1. The van der Waals surface area contributed by atoms with Crippen molar-refractivity contribution in [3.63, 3.8) is 0 Å². The fourth-order valence-corrected chi connectivity index (χ4v) is 2.66. The number of nitrogens with zero attached hydrogens (tertiary/aromatic N) is 2. The molecule has 3 rings (SSSR count). The molecule has 0 fully saturated rings. The summed E-state index contributed by atoms with van der Waals surface area (Å²) in [7, 11) is 0. The standard InChI is InChI=1S/C15H12ClN3S/c16-12-1-3-13(4-2-12)18-9-15-19-14(10-20-15)11-5-7-17-8-6-11/h1-8,10,18H,9H2. The molecule has 20 heavy (non-hydrogen) atoms. The first-order valence-electron chi connectivity index (χ1n) is 6.15. The van der Waals surface area contributed by atoms with Crippen LogP contribution in [0.2, 0.25) is 5.02 Å². The zero-order valence-electron chi connectivity index (χ0n) is 10.6. The number of hydrogen-bond acceptors (Lipinski definition) is 4. The molecule has 3 nitrogen and oxygen atoms in total. The van der Waals surface area contributed by atoms with Gasteiger partial charge in [0.15, 0.2) is 0 Å². The van der Waals surface area contributed by atoms with E-state index >= 15 is 0 Å². The van der Waals surface area contributed by atoms with E-state index in [1.54, 1.807) is 23.7 Å². The van der Waals surface area contributed by atoms with Gasteiger partial charge in [0.2, 0.25) is 0 Å². The fourth-order valence-electron chi connectivity index (χ4n) is 1.79. The lowest BCUT2D eigenvalue weighted by atomic mass is 10.2. The van der Waals surface area contributed by atoms with Crippen LogP contribution in [0.25, 0.3) is 11.3 Å². The van der Waals surface area contributed by atoms with Crippen LogP contribution in [0.3, 0.4) is 0 Å². The maximum atomic E-state index is 5.86. The normalized spacial score (nSPS) is 10.4. The second-order valence-electron chi connectivity index (χ2n) is 4.22. The molecule has 0 unspecified atom stereocenters. The molecule has 2 aromatic heterocycles. The first-order valence-corrected chi connectivity index (χ1v) is 7.41. The maximum absolute atomic E-state index is 5.86. The van der Waals surface area contributed by atoms with Gasteiger partial charge in [0.25, 0.3) is 0 Å². The van der Waals surface area contributed by atoms with Crippen molar-refractivity contribution < 1.29 is 0 Å². The molecule has 0 amide bonds. The number of benzene rings is 1. The molecule has 0 spiro atoms. The predicted octanol–water partition coefficient (Wildman–Crippen LogP) is 4.47. The van der Waals surface area contributed by atoms with E-state index < -0.39 is 0 Å². The van der Waals surface area contributed by atoms with Gasteiger partial charge >= 0.3 is 0 Å². The van der Waals surface area contributed by atoms with Crippen LogP contribution in [0.15, 0.2) is 54.2 Å². The Morgan fingerprint density at radius 2 is 1.80 bits per heavy atom. The van der Waals surface area contributed by atoms with Gasteiger partial charge in [-0.2, -0.15) is 0 Å².